The number of hydrogen-bond acceptors (Lipinski definition) is 7. The van der Waals surface area contributed by atoms with Crippen molar-refractivity contribution in [3.63, 3.8) is 0 Å². The van der Waals surface area contributed by atoms with Gasteiger partial charge in [-0.15, -0.1) is 0 Å². The summed E-state index contributed by atoms with van der Waals surface area (Å²) in [6, 6.07) is 9.41. The minimum Gasteiger partial charge on any atom is -0.473 e. The molecular formula is C17H17N3O6. The number of ether oxygens (including phenoxy) is 2. The number of benzene rings is 1. The summed E-state index contributed by atoms with van der Waals surface area (Å²) in [5.74, 6) is -1.42. The van der Waals surface area contributed by atoms with Gasteiger partial charge < -0.3 is 24.9 Å². The van der Waals surface area contributed by atoms with Crippen LogP contribution in [-0.2, 0) is 16.1 Å². The predicted octanol–water partition coefficient (Wildman–Crippen LogP) is 1.86. The molecule has 1 unspecified atom stereocenters. The van der Waals surface area contributed by atoms with Crippen molar-refractivity contribution in [2.75, 3.05) is 7.11 Å². The molecule has 9 heteroatoms. The Morgan fingerprint density at radius 2 is 1.96 bits per heavy atom. The lowest BCUT2D eigenvalue weighted by Crippen LogP contribution is -2.36. The second kappa shape index (κ2) is 8.56. The maximum Gasteiger partial charge on any atom is 0.406 e. The Labute approximate surface area is 149 Å². The van der Waals surface area contributed by atoms with Crippen LogP contribution >= 0.6 is 0 Å². The van der Waals surface area contributed by atoms with Crippen LogP contribution in [0.2, 0.25) is 0 Å². The van der Waals surface area contributed by atoms with Gasteiger partial charge in [-0.25, -0.2) is 4.79 Å². The minimum absolute atomic E-state index is 0.0809. The summed E-state index contributed by atoms with van der Waals surface area (Å²) in [5.41, 5.74) is 1.17. The molecule has 0 aliphatic carbocycles. The molecule has 1 heterocycles. The lowest BCUT2D eigenvalue weighted by atomic mass is 10.1. The fourth-order valence-electron chi connectivity index (χ4n) is 2.06. The van der Waals surface area contributed by atoms with Crippen molar-refractivity contribution in [1.82, 2.24) is 10.3 Å². The average molecular weight is 359 g/mol. The Kier molecular flexibility index (Phi) is 6.20. The topological polar surface area (TPSA) is 121 Å². The zero-order valence-electron chi connectivity index (χ0n) is 14.2. The lowest BCUT2D eigenvalue weighted by Gasteiger charge is -2.14. The van der Waals surface area contributed by atoms with E-state index in [-0.39, 0.29) is 12.3 Å². The van der Waals surface area contributed by atoms with E-state index in [4.69, 9.17) is 4.74 Å². The second-order valence-corrected chi connectivity index (χ2v) is 5.25. The standard InChI is InChI=1S/C17H17N3O6/c1-11(26-14-4-3-9-18-15(14)20(23)24)16(21)19-10-12-5-7-13(8-6-12)17(22)25-2/h3-9,11H,10H2,1-2H3,(H,19,21). The number of carbonyl (C=O) groups excluding carboxylic acids is 2. The molecule has 0 spiro atoms. The molecule has 0 saturated heterocycles. The van der Waals surface area contributed by atoms with Crippen molar-refractivity contribution in [3.05, 3.63) is 63.8 Å². The highest BCUT2D eigenvalue weighted by Gasteiger charge is 2.21. The molecule has 26 heavy (non-hydrogen) atoms. The van der Waals surface area contributed by atoms with Gasteiger partial charge in [0.1, 0.15) is 6.20 Å². The second-order valence-electron chi connectivity index (χ2n) is 5.25. The number of esters is 1. The number of rotatable bonds is 7. The van der Waals surface area contributed by atoms with E-state index in [1.807, 2.05) is 0 Å². The van der Waals surface area contributed by atoms with E-state index >= 15 is 0 Å². The molecule has 1 aromatic carbocycles. The summed E-state index contributed by atoms with van der Waals surface area (Å²) in [6.45, 7) is 1.69. The predicted molar refractivity (Wildman–Crippen MR) is 90.6 cm³/mol. The summed E-state index contributed by atoms with van der Waals surface area (Å²) >= 11 is 0. The van der Waals surface area contributed by atoms with Crippen LogP contribution in [0.15, 0.2) is 42.6 Å². The molecule has 1 aromatic heterocycles. The zero-order chi connectivity index (χ0) is 19.1. The summed E-state index contributed by atoms with van der Waals surface area (Å²) in [5, 5.41) is 13.6. The average Bonchev–Trinajstić information content (AvgIpc) is 2.66. The number of hydrogen-bond donors (Lipinski definition) is 1. The third-order valence-electron chi connectivity index (χ3n) is 3.44. The van der Waals surface area contributed by atoms with Gasteiger partial charge in [0.25, 0.3) is 5.91 Å². The molecule has 0 saturated carbocycles. The first-order valence-corrected chi connectivity index (χ1v) is 7.63. The van der Waals surface area contributed by atoms with Gasteiger partial charge in [-0.2, -0.15) is 0 Å². The first kappa shape index (κ1) is 18.8. The first-order chi connectivity index (χ1) is 12.4. The highest BCUT2D eigenvalue weighted by atomic mass is 16.6. The molecule has 0 aliphatic heterocycles. The van der Waals surface area contributed by atoms with Crippen LogP contribution in [0.4, 0.5) is 5.82 Å². The number of nitrogens with zero attached hydrogens (tertiary/aromatic N) is 2. The van der Waals surface area contributed by atoms with Crippen molar-refractivity contribution in [2.45, 2.75) is 19.6 Å². The third kappa shape index (κ3) is 4.76. The van der Waals surface area contributed by atoms with Gasteiger partial charge in [0.05, 0.1) is 12.7 Å². The monoisotopic (exact) mass is 359 g/mol. The van der Waals surface area contributed by atoms with Gasteiger partial charge >= 0.3 is 11.8 Å². The minimum atomic E-state index is -0.952. The van der Waals surface area contributed by atoms with Crippen LogP contribution < -0.4 is 10.1 Å². The van der Waals surface area contributed by atoms with Gasteiger partial charge in [0.15, 0.2) is 6.10 Å². The van der Waals surface area contributed by atoms with Crippen LogP contribution in [0.1, 0.15) is 22.8 Å². The normalized spacial score (nSPS) is 11.3. The molecule has 1 amide bonds. The first-order valence-electron chi connectivity index (χ1n) is 7.63. The number of carbonyl (C=O) groups is 2. The maximum absolute atomic E-state index is 12.1. The number of aromatic nitrogens is 1. The largest absolute Gasteiger partial charge is 0.473 e. The third-order valence-corrected chi connectivity index (χ3v) is 3.44. The van der Waals surface area contributed by atoms with E-state index < -0.39 is 28.7 Å². The van der Waals surface area contributed by atoms with Crippen molar-refractivity contribution in [3.8, 4) is 5.75 Å². The van der Waals surface area contributed by atoms with Crippen LogP contribution in [0.5, 0.6) is 5.75 Å². The molecular weight excluding hydrogens is 342 g/mol. The lowest BCUT2D eigenvalue weighted by molar-refractivity contribution is -0.390. The molecule has 2 rings (SSSR count). The smallest absolute Gasteiger partial charge is 0.406 e. The van der Waals surface area contributed by atoms with E-state index in [0.717, 1.165) is 5.56 Å². The van der Waals surface area contributed by atoms with Gasteiger partial charge in [-0.05, 0) is 46.7 Å². The highest BCUT2D eigenvalue weighted by Crippen LogP contribution is 2.24. The Morgan fingerprint density at radius 3 is 2.58 bits per heavy atom. The molecule has 1 atom stereocenters. The number of methoxy groups -OCH3 is 1. The molecule has 0 radical (unpaired) electrons. The van der Waals surface area contributed by atoms with Gasteiger partial charge in [0.2, 0.25) is 5.75 Å². The van der Waals surface area contributed by atoms with Crippen LogP contribution in [0.3, 0.4) is 0 Å². The van der Waals surface area contributed by atoms with Crippen molar-refractivity contribution in [1.29, 1.82) is 0 Å². The molecule has 1 N–H and O–H groups in total. The van der Waals surface area contributed by atoms with Crippen molar-refractivity contribution < 1.29 is 24.0 Å². The summed E-state index contributed by atoms with van der Waals surface area (Å²) in [4.78, 5) is 37.3. The summed E-state index contributed by atoms with van der Waals surface area (Å²) in [6.07, 6.45) is 0.320. The molecule has 0 bridgehead atoms. The molecule has 136 valence electrons. The summed E-state index contributed by atoms with van der Waals surface area (Å²) < 4.78 is 9.96. The quantitative estimate of drug-likeness (QED) is 0.455. The molecule has 0 fully saturated rings. The Balaban J connectivity index is 1.93. The van der Waals surface area contributed by atoms with Crippen molar-refractivity contribution >= 4 is 17.7 Å². The van der Waals surface area contributed by atoms with Crippen molar-refractivity contribution in [2.24, 2.45) is 0 Å². The molecule has 0 aliphatic rings. The fraction of sp³-hybridized carbons (Fsp3) is 0.235. The molecule has 2 aromatic rings. The number of nitro groups is 1. The van der Waals surface area contributed by atoms with Gasteiger partial charge in [0, 0.05) is 6.54 Å². The number of pyridine rings is 1. The number of nitrogens with one attached hydrogen (secondary N) is 1. The molecule has 9 nitrogen and oxygen atoms in total. The van der Waals surface area contributed by atoms with Gasteiger partial charge in [-0.1, -0.05) is 12.1 Å². The van der Waals surface area contributed by atoms with E-state index in [1.165, 1.54) is 32.4 Å². The van der Waals surface area contributed by atoms with Crippen LogP contribution in [-0.4, -0.2) is 35.0 Å². The SMILES string of the molecule is COC(=O)c1ccc(CNC(=O)C(C)Oc2cccnc2[N+](=O)[O-])cc1. The zero-order valence-corrected chi connectivity index (χ0v) is 14.2. The van der Waals surface area contributed by atoms with E-state index in [2.05, 4.69) is 15.0 Å². The van der Waals surface area contributed by atoms with E-state index in [0.29, 0.717) is 5.56 Å². The Bertz CT molecular complexity index is 806. The van der Waals surface area contributed by atoms with Crippen LogP contribution in [0, 0.1) is 10.1 Å². The Morgan fingerprint density at radius 1 is 1.27 bits per heavy atom. The van der Waals surface area contributed by atoms with E-state index in [9.17, 15) is 19.7 Å². The summed E-state index contributed by atoms with van der Waals surface area (Å²) in [7, 11) is 1.30. The maximum atomic E-state index is 12.1. The van der Waals surface area contributed by atoms with E-state index in [1.54, 1.807) is 24.3 Å². The van der Waals surface area contributed by atoms with Gasteiger partial charge in [-0.3, -0.25) is 4.79 Å². The highest BCUT2D eigenvalue weighted by molar-refractivity contribution is 5.89. The number of amides is 1. The van der Waals surface area contributed by atoms with Crippen LogP contribution in [0.25, 0.3) is 0 Å². The Hall–Kier alpha value is -3.49. The fourth-order valence-corrected chi connectivity index (χ4v) is 2.06.